The summed E-state index contributed by atoms with van der Waals surface area (Å²) in [5.41, 5.74) is 2.82. The van der Waals surface area contributed by atoms with Crippen LogP contribution in [0.5, 0.6) is 5.75 Å². The molecule has 4 rings (SSSR count). The summed E-state index contributed by atoms with van der Waals surface area (Å²) in [6.07, 6.45) is 3.66. The van der Waals surface area contributed by atoms with Crippen LogP contribution in [0.25, 0.3) is 0 Å². The van der Waals surface area contributed by atoms with Crippen LogP contribution in [0, 0.1) is 11.3 Å². The lowest BCUT2D eigenvalue weighted by Crippen LogP contribution is -2.37. The molecule has 1 aromatic heterocycles. The molecule has 2 aromatic carbocycles. The van der Waals surface area contributed by atoms with Crippen molar-refractivity contribution in [2.75, 3.05) is 0 Å². The van der Waals surface area contributed by atoms with E-state index in [0.717, 1.165) is 43.1 Å². The van der Waals surface area contributed by atoms with Crippen LogP contribution in [0.4, 0.5) is 0 Å². The summed E-state index contributed by atoms with van der Waals surface area (Å²) in [6, 6.07) is 18.2. The molecule has 0 amide bonds. The number of benzene rings is 2. The van der Waals surface area contributed by atoms with E-state index in [9.17, 15) is 0 Å². The number of nitriles is 1. The summed E-state index contributed by atoms with van der Waals surface area (Å²) >= 11 is 0. The molecule has 1 atom stereocenters. The molecule has 1 unspecified atom stereocenters. The van der Waals surface area contributed by atoms with Crippen molar-refractivity contribution < 1.29 is 4.74 Å². The summed E-state index contributed by atoms with van der Waals surface area (Å²) < 4.78 is 7.88. The van der Waals surface area contributed by atoms with Gasteiger partial charge in [0, 0.05) is 19.0 Å². The number of rotatable bonds is 6. The van der Waals surface area contributed by atoms with Crippen LogP contribution in [-0.4, -0.2) is 20.8 Å². The lowest BCUT2D eigenvalue weighted by molar-refractivity contribution is 0.305. The molecule has 0 bridgehead atoms. The van der Waals surface area contributed by atoms with E-state index >= 15 is 0 Å². The number of hydrogen-bond donors (Lipinski definition) is 1. The molecule has 0 spiro atoms. The summed E-state index contributed by atoms with van der Waals surface area (Å²) in [5, 5.41) is 16.9. The molecule has 2 heterocycles. The van der Waals surface area contributed by atoms with Crippen molar-refractivity contribution >= 4 is 0 Å². The lowest BCUT2D eigenvalue weighted by atomic mass is 10.1. The molecule has 1 N–H and O–H groups in total. The number of aryl methyl sites for hydroxylation is 1. The van der Waals surface area contributed by atoms with Gasteiger partial charge in [-0.15, -0.1) is 0 Å². The predicted octanol–water partition coefficient (Wildman–Crippen LogP) is 2.83. The molecule has 0 aliphatic carbocycles. The van der Waals surface area contributed by atoms with Crippen LogP contribution in [-0.2, 0) is 26.1 Å². The Bertz CT molecular complexity index is 959. The monoisotopic (exact) mass is 359 g/mol. The summed E-state index contributed by atoms with van der Waals surface area (Å²) in [6.45, 7) is 2.10. The largest absolute Gasteiger partial charge is 0.489 e. The van der Waals surface area contributed by atoms with Crippen molar-refractivity contribution in [2.24, 2.45) is 0 Å². The maximum absolute atomic E-state index is 8.99. The van der Waals surface area contributed by atoms with Gasteiger partial charge in [0.2, 0.25) is 0 Å². The van der Waals surface area contributed by atoms with E-state index in [0.29, 0.717) is 18.2 Å². The quantitative estimate of drug-likeness (QED) is 0.732. The number of nitrogens with one attached hydrogen (secondary N) is 1. The number of ether oxygens (including phenoxy) is 1. The van der Waals surface area contributed by atoms with Gasteiger partial charge in [-0.2, -0.15) is 10.4 Å². The molecule has 0 fully saturated rings. The van der Waals surface area contributed by atoms with Crippen molar-refractivity contribution in [2.45, 2.75) is 38.6 Å². The highest BCUT2D eigenvalue weighted by Crippen LogP contribution is 2.17. The van der Waals surface area contributed by atoms with E-state index in [1.807, 2.05) is 35.0 Å². The average molecular weight is 359 g/mol. The summed E-state index contributed by atoms with van der Waals surface area (Å²) in [7, 11) is 0. The third-order valence-corrected chi connectivity index (χ3v) is 4.76. The molecule has 6 heteroatoms. The fourth-order valence-corrected chi connectivity index (χ4v) is 3.31. The van der Waals surface area contributed by atoms with Gasteiger partial charge in [-0.1, -0.05) is 24.3 Å². The Balaban J connectivity index is 1.32. The van der Waals surface area contributed by atoms with Gasteiger partial charge < -0.3 is 10.1 Å². The van der Waals surface area contributed by atoms with Gasteiger partial charge in [0.05, 0.1) is 18.2 Å². The van der Waals surface area contributed by atoms with Crippen LogP contribution in [0.15, 0.2) is 54.9 Å². The predicted molar refractivity (Wildman–Crippen MR) is 101 cm³/mol. The first-order valence-electron chi connectivity index (χ1n) is 9.11. The van der Waals surface area contributed by atoms with Crippen molar-refractivity contribution in [3.8, 4) is 11.8 Å². The SMILES string of the molecule is N#Cc1cccc(COc2cccc(CNC3CCc4ncnn4C3)c2)c1. The molecule has 1 aliphatic heterocycles. The second-order valence-corrected chi connectivity index (χ2v) is 6.72. The molecular formula is C21H21N5O. The Morgan fingerprint density at radius 1 is 1.19 bits per heavy atom. The van der Waals surface area contributed by atoms with Crippen LogP contribution in [0.3, 0.4) is 0 Å². The van der Waals surface area contributed by atoms with Crippen molar-refractivity contribution in [1.29, 1.82) is 5.26 Å². The molecule has 1 aliphatic rings. The topological polar surface area (TPSA) is 75.8 Å². The molecule has 0 radical (unpaired) electrons. The van der Waals surface area contributed by atoms with Crippen molar-refractivity contribution in [3.63, 3.8) is 0 Å². The Morgan fingerprint density at radius 3 is 3.00 bits per heavy atom. The maximum atomic E-state index is 8.99. The normalized spacial score (nSPS) is 15.7. The molecule has 3 aromatic rings. The average Bonchev–Trinajstić information content (AvgIpc) is 3.19. The number of hydrogen-bond acceptors (Lipinski definition) is 5. The minimum absolute atomic E-state index is 0.400. The van der Waals surface area contributed by atoms with Gasteiger partial charge in [0.25, 0.3) is 0 Å². The Kier molecular flexibility index (Phi) is 5.13. The van der Waals surface area contributed by atoms with E-state index in [-0.39, 0.29) is 0 Å². The van der Waals surface area contributed by atoms with Gasteiger partial charge >= 0.3 is 0 Å². The van der Waals surface area contributed by atoms with E-state index in [2.05, 4.69) is 33.6 Å². The standard InChI is InChI=1S/C21H21N5O/c22-11-16-3-1-5-18(9-16)14-27-20-6-2-4-17(10-20)12-23-19-7-8-21-24-15-25-26(21)13-19/h1-6,9-10,15,19,23H,7-8,12-14H2. The minimum Gasteiger partial charge on any atom is -0.489 e. The molecule has 0 saturated heterocycles. The highest BCUT2D eigenvalue weighted by molar-refractivity contribution is 5.33. The zero-order valence-electron chi connectivity index (χ0n) is 15.0. The number of nitrogens with zero attached hydrogens (tertiary/aromatic N) is 4. The van der Waals surface area contributed by atoms with Gasteiger partial charge in [-0.3, -0.25) is 0 Å². The van der Waals surface area contributed by atoms with Gasteiger partial charge in [-0.25, -0.2) is 9.67 Å². The van der Waals surface area contributed by atoms with E-state index in [4.69, 9.17) is 10.00 Å². The van der Waals surface area contributed by atoms with Gasteiger partial charge in [-0.05, 0) is 41.8 Å². The summed E-state index contributed by atoms with van der Waals surface area (Å²) in [4.78, 5) is 4.27. The third kappa shape index (κ3) is 4.33. The van der Waals surface area contributed by atoms with Gasteiger partial charge in [0.1, 0.15) is 24.5 Å². The first-order chi connectivity index (χ1) is 13.3. The molecule has 0 saturated carbocycles. The number of fused-ring (bicyclic) bond motifs is 1. The minimum atomic E-state index is 0.400. The van der Waals surface area contributed by atoms with E-state index in [1.165, 1.54) is 5.56 Å². The Labute approximate surface area is 158 Å². The van der Waals surface area contributed by atoms with Crippen LogP contribution in [0.1, 0.15) is 28.9 Å². The fourth-order valence-electron chi connectivity index (χ4n) is 3.31. The van der Waals surface area contributed by atoms with Crippen molar-refractivity contribution in [3.05, 3.63) is 77.4 Å². The molecule has 6 nitrogen and oxygen atoms in total. The van der Waals surface area contributed by atoms with Crippen LogP contribution in [0.2, 0.25) is 0 Å². The second kappa shape index (κ2) is 8.02. The zero-order chi connectivity index (χ0) is 18.5. The molecule has 27 heavy (non-hydrogen) atoms. The van der Waals surface area contributed by atoms with E-state index < -0.39 is 0 Å². The van der Waals surface area contributed by atoms with Gasteiger partial charge in [0.15, 0.2) is 0 Å². The van der Waals surface area contributed by atoms with Crippen LogP contribution < -0.4 is 10.1 Å². The molecular weight excluding hydrogens is 338 g/mol. The van der Waals surface area contributed by atoms with Crippen LogP contribution >= 0.6 is 0 Å². The highest BCUT2D eigenvalue weighted by atomic mass is 16.5. The van der Waals surface area contributed by atoms with E-state index in [1.54, 1.807) is 12.4 Å². The number of aromatic nitrogens is 3. The first kappa shape index (κ1) is 17.3. The highest BCUT2D eigenvalue weighted by Gasteiger charge is 2.19. The third-order valence-electron chi connectivity index (χ3n) is 4.76. The Morgan fingerprint density at radius 2 is 2.07 bits per heavy atom. The smallest absolute Gasteiger partial charge is 0.138 e. The lowest BCUT2D eigenvalue weighted by Gasteiger charge is -2.23. The maximum Gasteiger partial charge on any atom is 0.138 e. The fraction of sp³-hybridized carbons (Fsp3) is 0.286. The molecule has 136 valence electrons. The second-order valence-electron chi connectivity index (χ2n) is 6.72. The van der Waals surface area contributed by atoms with Crippen molar-refractivity contribution in [1.82, 2.24) is 20.1 Å². The zero-order valence-corrected chi connectivity index (χ0v) is 15.0. The Hall–Kier alpha value is -3.17. The summed E-state index contributed by atoms with van der Waals surface area (Å²) in [5.74, 6) is 1.91. The first-order valence-corrected chi connectivity index (χ1v) is 9.11.